The number of aromatic amines is 1. The molecule has 2 aromatic heterocycles. The van der Waals surface area contributed by atoms with Crippen molar-refractivity contribution < 1.29 is 0 Å². The first-order chi connectivity index (χ1) is 14.0. The van der Waals surface area contributed by atoms with E-state index in [1.165, 1.54) is 17.4 Å². The molecule has 3 aromatic rings. The Morgan fingerprint density at radius 2 is 2.03 bits per heavy atom. The van der Waals surface area contributed by atoms with Crippen molar-refractivity contribution in [3.05, 3.63) is 71.8 Å². The van der Waals surface area contributed by atoms with Crippen molar-refractivity contribution in [3.63, 3.8) is 0 Å². The maximum absolute atomic E-state index is 12.0. The van der Waals surface area contributed by atoms with Crippen LogP contribution in [0.4, 0.5) is 5.13 Å². The number of halogens is 1. The molecule has 0 saturated carbocycles. The molecule has 5 nitrogen and oxygen atoms in total. The van der Waals surface area contributed by atoms with Gasteiger partial charge in [0.25, 0.3) is 0 Å². The SMILES string of the molecule is Cn1cc(C2c3ccc(Cl)cc3C=Cc3sc(N4CCCC4)nc32)c(=S)[nH]c1=O. The van der Waals surface area contributed by atoms with Gasteiger partial charge < -0.3 is 9.47 Å². The van der Waals surface area contributed by atoms with Crippen LogP contribution in [0.5, 0.6) is 0 Å². The molecule has 1 atom stereocenters. The molecule has 1 aliphatic carbocycles. The molecule has 0 amide bonds. The van der Waals surface area contributed by atoms with E-state index in [2.05, 4.69) is 22.0 Å². The second kappa shape index (κ2) is 7.23. The number of hydrogen-bond acceptors (Lipinski definition) is 5. The van der Waals surface area contributed by atoms with E-state index in [9.17, 15) is 4.79 Å². The third-order valence-electron chi connectivity index (χ3n) is 5.54. The van der Waals surface area contributed by atoms with E-state index in [1.54, 1.807) is 18.4 Å². The van der Waals surface area contributed by atoms with Crippen molar-refractivity contribution in [2.45, 2.75) is 18.8 Å². The Morgan fingerprint density at radius 1 is 1.24 bits per heavy atom. The van der Waals surface area contributed by atoms with Crippen LogP contribution < -0.4 is 10.6 Å². The Hall–Kier alpha value is -2.22. The van der Waals surface area contributed by atoms with Crippen molar-refractivity contribution in [1.82, 2.24) is 14.5 Å². The van der Waals surface area contributed by atoms with Gasteiger partial charge in [-0.25, -0.2) is 9.78 Å². The molecule has 0 bridgehead atoms. The maximum Gasteiger partial charge on any atom is 0.326 e. The monoisotopic (exact) mass is 442 g/mol. The first-order valence-corrected chi connectivity index (χ1v) is 11.1. The molecule has 29 heavy (non-hydrogen) atoms. The number of rotatable bonds is 2. The number of aryl methyl sites for hydroxylation is 1. The van der Waals surface area contributed by atoms with Gasteiger partial charge in [0, 0.05) is 36.9 Å². The van der Waals surface area contributed by atoms with Gasteiger partial charge in [0.05, 0.1) is 16.5 Å². The van der Waals surface area contributed by atoms with E-state index in [1.807, 2.05) is 24.4 Å². The highest BCUT2D eigenvalue weighted by atomic mass is 35.5. The van der Waals surface area contributed by atoms with Crippen molar-refractivity contribution in [3.8, 4) is 0 Å². The molecule has 148 valence electrons. The van der Waals surface area contributed by atoms with E-state index in [-0.39, 0.29) is 11.6 Å². The number of nitrogens with zero attached hydrogens (tertiary/aromatic N) is 3. The van der Waals surface area contributed by atoms with Gasteiger partial charge in [-0.1, -0.05) is 47.3 Å². The first kappa shape index (κ1) is 18.8. The van der Waals surface area contributed by atoms with Gasteiger partial charge in [-0.05, 0) is 42.2 Å². The van der Waals surface area contributed by atoms with Gasteiger partial charge in [0.15, 0.2) is 5.13 Å². The van der Waals surface area contributed by atoms with Gasteiger partial charge >= 0.3 is 5.69 Å². The highest BCUT2D eigenvalue weighted by Crippen LogP contribution is 2.43. The molecule has 8 heteroatoms. The van der Waals surface area contributed by atoms with Crippen molar-refractivity contribution in [2.24, 2.45) is 7.05 Å². The number of H-pyrrole nitrogens is 1. The number of benzene rings is 1. The van der Waals surface area contributed by atoms with Crippen LogP contribution in [0.1, 0.15) is 46.0 Å². The van der Waals surface area contributed by atoms with Crippen LogP contribution in [-0.2, 0) is 7.05 Å². The number of anilines is 1. The van der Waals surface area contributed by atoms with Crippen LogP contribution in [0.25, 0.3) is 12.2 Å². The average Bonchev–Trinajstić information content (AvgIpc) is 3.33. The maximum atomic E-state index is 12.0. The second-order valence-corrected chi connectivity index (χ2v) is 9.29. The predicted molar refractivity (Wildman–Crippen MR) is 122 cm³/mol. The number of aromatic nitrogens is 3. The predicted octanol–water partition coefficient (Wildman–Crippen LogP) is 4.82. The third-order valence-corrected chi connectivity index (χ3v) is 7.21. The summed E-state index contributed by atoms with van der Waals surface area (Å²) in [6, 6.07) is 5.90. The average molecular weight is 443 g/mol. The minimum atomic E-state index is -0.224. The molecular formula is C21H19ClN4OS2. The minimum absolute atomic E-state index is 0.171. The van der Waals surface area contributed by atoms with E-state index < -0.39 is 0 Å². The molecule has 3 heterocycles. The van der Waals surface area contributed by atoms with Crippen LogP contribution in [0, 0.1) is 4.64 Å². The van der Waals surface area contributed by atoms with E-state index in [4.69, 9.17) is 28.8 Å². The quantitative estimate of drug-likeness (QED) is 0.452. The van der Waals surface area contributed by atoms with Gasteiger partial charge in [-0.15, -0.1) is 0 Å². The summed E-state index contributed by atoms with van der Waals surface area (Å²) in [6.45, 7) is 2.10. The van der Waals surface area contributed by atoms with E-state index in [0.29, 0.717) is 9.66 Å². The van der Waals surface area contributed by atoms with Gasteiger partial charge in [-0.3, -0.25) is 4.98 Å². The van der Waals surface area contributed by atoms with Crippen molar-refractivity contribution in [1.29, 1.82) is 0 Å². The van der Waals surface area contributed by atoms with Crippen molar-refractivity contribution in [2.75, 3.05) is 18.0 Å². The van der Waals surface area contributed by atoms with Crippen LogP contribution in [-0.4, -0.2) is 27.6 Å². The zero-order valence-electron chi connectivity index (χ0n) is 15.8. The van der Waals surface area contributed by atoms with Crippen LogP contribution in [0.3, 0.4) is 0 Å². The van der Waals surface area contributed by atoms with E-state index >= 15 is 0 Å². The Labute approximate surface area is 182 Å². The van der Waals surface area contributed by atoms with Gasteiger partial charge in [-0.2, -0.15) is 0 Å². The highest BCUT2D eigenvalue weighted by molar-refractivity contribution is 7.71. The third kappa shape index (κ3) is 3.27. The summed E-state index contributed by atoms with van der Waals surface area (Å²) in [5.41, 5.74) is 3.75. The lowest BCUT2D eigenvalue weighted by Gasteiger charge is -2.19. The molecular weight excluding hydrogens is 424 g/mol. The Balaban J connectivity index is 1.76. The zero-order valence-corrected chi connectivity index (χ0v) is 18.2. The summed E-state index contributed by atoms with van der Waals surface area (Å²) < 4.78 is 1.98. The number of thiazole rings is 1. The molecule has 1 fully saturated rings. The topological polar surface area (TPSA) is 53.9 Å². The summed E-state index contributed by atoms with van der Waals surface area (Å²) >= 11 is 13.6. The highest BCUT2D eigenvalue weighted by Gasteiger charge is 2.30. The summed E-state index contributed by atoms with van der Waals surface area (Å²) in [4.78, 5) is 23.4. The standard InChI is InChI=1S/C21H19ClN4OS2/c1-25-11-15(19(28)24-20(25)27)17-14-6-5-13(22)10-12(14)4-7-16-18(17)23-21(29-16)26-8-2-3-9-26/h4-7,10-11,17H,2-3,8-9H2,1H3,(H,24,27,28). The molecule has 1 aliphatic heterocycles. The molecule has 1 unspecified atom stereocenters. The van der Waals surface area contributed by atoms with Gasteiger partial charge in [0.1, 0.15) is 4.64 Å². The van der Waals surface area contributed by atoms with E-state index in [0.717, 1.165) is 45.5 Å². The fraction of sp³-hybridized carbons (Fsp3) is 0.286. The smallest absolute Gasteiger partial charge is 0.326 e. The molecule has 1 saturated heterocycles. The second-order valence-electron chi connectivity index (χ2n) is 7.43. The Kier molecular flexibility index (Phi) is 4.69. The van der Waals surface area contributed by atoms with Crippen LogP contribution in [0.2, 0.25) is 5.02 Å². The molecule has 0 radical (unpaired) electrons. The Bertz CT molecular complexity index is 1250. The molecule has 0 spiro atoms. The lowest BCUT2D eigenvalue weighted by Crippen LogP contribution is -2.22. The first-order valence-electron chi connectivity index (χ1n) is 9.54. The van der Waals surface area contributed by atoms with Crippen LogP contribution >= 0.6 is 35.2 Å². The largest absolute Gasteiger partial charge is 0.348 e. The molecule has 1 N–H and O–H groups in total. The van der Waals surface area contributed by atoms with Crippen LogP contribution in [0.15, 0.2) is 29.2 Å². The summed E-state index contributed by atoms with van der Waals surface area (Å²) in [6.07, 6.45) is 8.46. The normalized spacial score (nSPS) is 17.9. The lowest BCUT2D eigenvalue weighted by molar-refractivity contribution is 0.769. The Morgan fingerprint density at radius 3 is 2.83 bits per heavy atom. The molecule has 1 aromatic carbocycles. The minimum Gasteiger partial charge on any atom is -0.348 e. The number of nitrogens with one attached hydrogen (secondary N) is 1. The molecule has 5 rings (SSSR count). The van der Waals surface area contributed by atoms with Gasteiger partial charge in [0.2, 0.25) is 0 Å². The fourth-order valence-corrected chi connectivity index (χ4v) is 5.57. The van der Waals surface area contributed by atoms with Crippen molar-refractivity contribution >= 4 is 52.4 Å². The number of fused-ring (bicyclic) bond motifs is 2. The zero-order chi connectivity index (χ0) is 20.1. The fourth-order valence-electron chi connectivity index (χ4n) is 4.07. The summed E-state index contributed by atoms with van der Waals surface area (Å²) in [5.74, 6) is -0.171. The summed E-state index contributed by atoms with van der Waals surface area (Å²) in [7, 11) is 1.73. The summed E-state index contributed by atoms with van der Waals surface area (Å²) in [5, 5.41) is 1.74. The number of hydrogen-bond donors (Lipinski definition) is 1. The lowest BCUT2D eigenvalue weighted by atomic mass is 9.88. The molecule has 2 aliphatic rings.